The lowest BCUT2D eigenvalue weighted by molar-refractivity contribution is -0.137. The molecule has 1 fully saturated rings. The minimum absolute atomic E-state index is 0.0839. The van der Waals surface area contributed by atoms with Gasteiger partial charge in [0.05, 0.1) is 12.5 Å². The maximum Gasteiger partial charge on any atom is 0.227 e. The molecular formula is C16H23NO2. The van der Waals surface area contributed by atoms with Gasteiger partial charge in [-0.1, -0.05) is 38.1 Å². The van der Waals surface area contributed by atoms with Crippen molar-refractivity contribution >= 4 is 5.91 Å². The molecule has 1 unspecified atom stereocenters. The van der Waals surface area contributed by atoms with Gasteiger partial charge in [-0.05, 0) is 29.9 Å². The number of aliphatic hydroxyl groups excluding tert-OH is 1. The van der Waals surface area contributed by atoms with E-state index in [0.29, 0.717) is 13.0 Å². The van der Waals surface area contributed by atoms with Crippen molar-refractivity contribution in [3.05, 3.63) is 35.4 Å². The third-order valence-corrected chi connectivity index (χ3v) is 4.28. The normalized spacial score (nSPS) is 22.3. The Bertz CT molecular complexity index is 468. The first kappa shape index (κ1) is 14.1. The second kappa shape index (κ2) is 5.33. The highest BCUT2D eigenvalue weighted by atomic mass is 16.3. The molecule has 2 rings (SSSR count). The largest absolute Gasteiger partial charge is 0.391 e. The Morgan fingerprint density at radius 3 is 2.74 bits per heavy atom. The number of hydrogen-bond donors (Lipinski definition) is 1. The highest BCUT2D eigenvalue weighted by Crippen LogP contribution is 2.30. The van der Waals surface area contributed by atoms with Gasteiger partial charge >= 0.3 is 0 Å². The SMILES string of the molecule is Cc1ccccc1CC(=O)N1CCC(C)(C)C(O)C1. The lowest BCUT2D eigenvalue weighted by Crippen LogP contribution is -2.50. The van der Waals surface area contributed by atoms with Gasteiger partial charge in [0, 0.05) is 13.1 Å². The number of amides is 1. The van der Waals surface area contributed by atoms with Crippen molar-refractivity contribution in [2.24, 2.45) is 5.41 Å². The van der Waals surface area contributed by atoms with Gasteiger partial charge in [0.2, 0.25) is 5.91 Å². The van der Waals surface area contributed by atoms with E-state index in [9.17, 15) is 9.90 Å². The third-order valence-electron chi connectivity index (χ3n) is 4.28. The molecule has 0 aliphatic carbocycles. The summed E-state index contributed by atoms with van der Waals surface area (Å²) in [5, 5.41) is 10.1. The molecule has 1 amide bonds. The molecule has 1 aromatic carbocycles. The van der Waals surface area contributed by atoms with Gasteiger partial charge in [-0.3, -0.25) is 4.79 Å². The first-order valence-corrected chi connectivity index (χ1v) is 6.90. The first-order chi connectivity index (χ1) is 8.90. The van der Waals surface area contributed by atoms with Crippen LogP contribution in [-0.2, 0) is 11.2 Å². The van der Waals surface area contributed by atoms with Crippen LogP contribution in [-0.4, -0.2) is 35.1 Å². The van der Waals surface area contributed by atoms with Gasteiger partial charge in [-0.25, -0.2) is 0 Å². The van der Waals surface area contributed by atoms with E-state index in [1.165, 1.54) is 0 Å². The second-order valence-electron chi connectivity index (χ2n) is 6.20. The van der Waals surface area contributed by atoms with E-state index in [4.69, 9.17) is 0 Å². The van der Waals surface area contributed by atoms with E-state index < -0.39 is 6.10 Å². The van der Waals surface area contributed by atoms with Gasteiger partial charge in [0.15, 0.2) is 0 Å². The number of likely N-dealkylation sites (tertiary alicyclic amines) is 1. The molecule has 1 aromatic rings. The first-order valence-electron chi connectivity index (χ1n) is 6.90. The quantitative estimate of drug-likeness (QED) is 0.886. The van der Waals surface area contributed by atoms with Crippen LogP contribution >= 0.6 is 0 Å². The zero-order valence-corrected chi connectivity index (χ0v) is 12.0. The van der Waals surface area contributed by atoms with Gasteiger partial charge in [0.25, 0.3) is 0 Å². The van der Waals surface area contributed by atoms with E-state index in [2.05, 4.69) is 13.8 Å². The van der Waals surface area contributed by atoms with Crippen LogP contribution in [0, 0.1) is 12.3 Å². The van der Waals surface area contributed by atoms with Crippen LogP contribution in [0.15, 0.2) is 24.3 Å². The molecule has 0 bridgehead atoms. The van der Waals surface area contributed by atoms with Gasteiger partial charge < -0.3 is 10.0 Å². The number of carbonyl (C=O) groups excluding carboxylic acids is 1. The molecule has 0 aromatic heterocycles. The summed E-state index contributed by atoms with van der Waals surface area (Å²) in [7, 11) is 0. The zero-order chi connectivity index (χ0) is 14.0. The van der Waals surface area contributed by atoms with Crippen LogP contribution < -0.4 is 0 Å². The molecule has 104 valence electrons. The molecule has 0 radical (unpaired) electrons. The Morgan fingerprint density at radius 1 is 1.42 bits per heavy atom. The molecule has 3 heteroatoms. The fourth-order valence-electron chi connectivity index (χ4n) is 2.45. The molecule has 1 saturated heterocycles. The topological polar surface area (TPSA) is 40.5 Å². The van der Waals surface area contributed by atoms with Crippen molar-refractivity contribution in [3.8, 4) is 0 Å². The van der Waals surface area contributed by atoms with Crippen molar-refractivity contribution in [2.45, 2.75) is 39.7 Å². The predicted molar refractivity (Wildman–Crippen MR) is 75.9 cm³/mol. The van der Waals surface area contributed by atoms with Crippen molar-refractivity contribution in [1.29, 1.82) is 0 Å². The summed E-state index contributed by atoms with van der Waals surface area (Å²) in [6.45, 7) is 7.34. The van der Waals surface area contributed by atoms with E-state index in [1.54, 1.807) is 4.90 Å². The van der Waals surface area contributed by atoms with Gasteiger partial charge in [-0.15, -0.1) is 0 Å². The van der Waals surface area contributed by atoms with Gasteiger partial charge in [-0.2, -0.15) is 0 Å². The number of piperidine rings is 1. The minimum Gasteiger partial charge on any atom is -0.391 e. The molecular weight excluding hydrogens is 238 g/mol. The maximum atomic E-state index is 12.3. The molecule has 3 nitrogen and oxygen atoms in total. The molecule has 0 spiro atoms. The average Bonchev–Trinajstić information content (AvgIpc) is 2.35. The molecule has 1 aliphatic heterocycles. The fraction of sp³-hybridized carbons (Fsp3) is 0.562. The van der Waals surface area contributed by atoms with Crippen LogP contribution in [0.2, 0.25) is 0 Å². The van der Waals surface area contributed by atoms with Crippen LogP contribution in [0.1, 0.15) is 31.4 Å². The lowest BCUT2D eigenvalue weighted by atomic mass is 9.80. The van der Waals surface area contributed by atoms with E-state index >= 15 is 0 Å². The summed E-state index contributed by atoms with van der Waals surface area (Å²) >= 11 is 0. The lowest BCUT2D eigenvalue weighted by Gasteiger charge is -2.41. The monoisotopic (exact) mass is 261 g/mol. The predicted octanol–water partition coefficient (Wildman–Crippen LogP) is 2.16. The number of nitrogens with zero attached hydrogens (tertiary/aromatic N) is 1. The Morgan fingerprint density at radius 2 is 2.11 bits per heavy atom. The molecule has 19 heavy (non-hydrogen) atoms. The molecule has 1 N–H and O–H groups in total. The summed E-state index contributed by atoms with van der Waals surface area (Å²) < 4.78 is 0. The van der Waals surface area contributed by atoms with E-state index in [1.807, 2.05) is 31.2 Å². The Kier molecular flexibility index (Phi) is 3.95. The van der Waals surface area contributed by atoms with Crippen LogP contribution in [0.5, 0.6) is 0 Å². The molecule has 1 aliphatic rings. The third kappa shape index (κ3) is 3.16. The molecule has 0 saturated carbocycles. The van der Waals surface area contributed by atoms with Crippen molar-refractivity contribution < 1.29 is 9.90 Å². The van der Waals surface area contributed by atoms with Crippen LogP contribution in [0.3, 0.4) is 0 Å². The Hall–Kier alpha value is -1.35. The molecule has 1 atom stereocenters. The average molecular weight is 261 g/mol. The summed E-state index contributed by atoms with van der Waals surface area (Å²) in [4.78, 5) is 14.1. The highest BCUT2D eigenvalue weighted by molar-refractivity contribution is 5.79. The Balaban J connectivity index is 2.00. The van der Waals surface area contributed by atoms with Crippen molar-refractivity contribution in [2.75, 3.05) is 13.1 Å². The minimum atomic E-state index is -0.429. The number of hydrogen-bond acceptors (Lipinski definition) is 2. The maximum absolute atomic E-state index is 12.3. The van der Waals surface area contributed by atoms with E-state index in [-0.39, 0.29) is 11.3 Å². The number of carbonyl (C=O) groups is 1. The van der Waals surface area contributed by atoms with Gasteiger partial charge in [0.1, 0.15) is 0 Å². The summed E-state index contributed by atoms with van der Waals surface area (Å²) in [5.74, 6) is 0.115. The zero-order valence-electron chi connectivity index (χ0n) is 12.0. The summed E-state index contributed by atoms with van der Waals surface area (Å²) in [5.41, 5.74) is 2.14. The van der Waals surface area contributed by atoms with E-state index in [0.717, 1.165) is 24.1 Å². The summed E-state index contributed by atoms with van der Waals surface area (Å²) in [6, 6.07) is 7.97. The van der Waals surface area contributed by atoms with Crippen molar-refractivity contribution in [3.63, 3.8) is 0 Å². The van der Waals surface area contributed by atoms with Crippen LogP contribution in [0.4, 0.5) is 0 Å². The number of rotatable bonds is 2. The van der Waals surface area contributed by atoms with Crippen molar-refractivity contribution in [1.82, 2.24) is 4.90 Å². The number of aliphatic hydroxyl groups is 1. The standard InChI is InChI=1S/C16H23NO2/c1-12-6-4-5-7-13(12)10-15(19)17-9-8-16(2,3)14(18)11-17/h4-7,14,18H,8-11H2,1-3H3. The number of benzene rings is 1. The summed E-state index contributed by atoms with van der Waals surface area (Å²) in [6.07, 6.45) is 0.857. The Labute approximate surface area is 115 Å². The smallest absolute Gasteiger partial charge is 0.227 e. The fourth-order valence-corrected chi connectivity index (χ4v) is 2.45. The second-order valence-corrected chi connectivity index (χ2v) is 6.20. The number of β-amino-alcohol motifs (C(OH)–C–C–N with tert-alkyl or cyclic N) is 1. The van der Waals surface area contributed by atoms with Crippen LogP contribution in [0.25, 0.3) is 0 Å². The molecule has 1 heterocycles. The highest BCUT2D eigenvalue weighted by Gasteiger charge is 2.35. The number of aryl methyl sites for hydroxylation is 1.